The molecule has 50 valence electrons. The normalized spacial score (nSPS) is 13.8. The van der Waals surface area contributed by atoms with Crippen molar-refractivity contribution < 1.29 is 4.21 Å². The third-order valence-corrected chi connectivity index (χ3v) is 2.44. The Hall–Kier alpha value is 0.880. The topological polar surface area (TPSA) is 17.1 Å². The maximum atomic E-state index is 10.4. The van der Waals surface area contributed by atoms with Gasteiger partial charge in [0.2, 0.25) is 0 Å². The molecule has 0 aliphatic carbocycles. The van der Waals surface area contributed by atoms with Crippen LogP contribution in [0.2, 0.25) is 0 Å². The first-order valence-corrected chi connectivity index (χ1v) is 5.88. The highest BCUT2D eigenvalue weighted by Crippen LogP contribution is 1.94. The summed E-state index contributed by atoms with van der Waals surface area (Å²) in [6, 6.07) is 0. The van der Waals surface area contributed by atoms with Crippen LogP contribution in [-0.4, -0.2) is 20.6 Å². The van der Waals surface area contributed by atoms with E-state index in [4.69, 9.17) is 0 Å². The molecule has 0 fully saturated rings. The summed E-state index contributed by atoms with van der Waals surface area (Å²) in [7, 11) is -0.570. The van der Waals surface area contributed by atoms with Crippen LogP contribution in [0.1, 0.15) is 12.8 Å². The second-order valence-electron chi connectivity index (χ2n) is 1.67. The van der Waals surface area contributed by atoms with Crippen LogP contribution in [0, 0.1) is 0 Å². The zero-order valence-electron chi connectivity index (χ0n) is 5.02. The van der Waals surface area contributed by atoms with Crippen molar-refractivity contribution >= 4 is 33.4 Å². The molecule has 8 heavy (non-hydrogen) atoms. The van der Waals surface area contributed by atoms with Crippen molar-refractivity contribution in [3.05, 3.63) is 0 Å². The first-order chi connectivity index (χ1) is 3.77. The van der Waals surface area contributed by atoms with Crippen molar-refractivity contribution in [2.24, 2.45) is 0 Å². The standard InChI is InChI=1S/C5H11IOS/c1-8(7)5-3-2-4-6/h2-5H2,1H3. The highest BCUT2D eigenvalue weighted by atomic mass is 127. The van der Waals surface area contributed by atoms with E-state index in [0.29, 0.717) is 0 Å². The zero-order chi connectivity index (χ0) is 6.41. The quantitative estimate of drug-likeness (QED) is 0.418. The van der Waals surface area contributed by atoms with Gasteiger partial charge >= 0.3 is 0 Å². The summed E-state index contributed by atoms with van der Waals surface area (Å²) in [5.41, 5.74) is 0. The molecule has 0 rings (SSSR count). The molecule has 0 aliphatic rings. The van der Waals surface area contributed by atoms with E-state index in [0.717, 1.165) is 12.2 Å². The van der Waals surface area contributed by atoms with Crippen LogP contribution in [-0.2, 0) is 10.8 Å². The molecule has 0 aromatic carbocycles. The van der Waals surface area contributed by atoms with Gasteiger partial charge in [-0.3, -0.25) is 4.21 Å². The van der Waals surface area contributed by atoms with E-state index in [1.807, 2.05) is 0 Å². The van der Waals surface area contributed by atoms with Gasteiger partial charge in [0, 0.05) is 22.8 Å². The summed E-state index contributed by atoms with van der Waals surface area (Å²) >= 11 is 2.34. The number of hydrogen-bond acceptors (Lipinski definition) is 1. The second kappa shape index (κ2) is 6.01. The summed E-state index contributed by atoms with van der Waals surface area (Å²) in [6.45, 7) is 0. The van der Waals surface area contributed by atoms with E-state index >= 15 is 0 Å². The Morgan fingerprint density at radius 1 is 1.50 bits per heavy atom. The number of unbranched alkanes of at least 4 members (excludes halogenated alkanes) is 1. The highest BCUT2D eigenvalue weighted by Gasteiger charge is 1.88. The lowest BCUT2D eigenvalue weighted by Crippen LogP contribution is -1.93. The predicted octanol–water partition coefficient (Wildman–Crippen LogP) is 1.58. The second-order valence-corrected chi connectivity index (χ2v) is 4.31. The van der Waals surface area contributed by atoms with E-state index in [2.05, 4.69) is 22.6 Å². The maximum absolute atomic E-state index is 10.4. The van der Waals surface area contributed by atoms with Gasteiger partial charge in [0.05, 0.1) is 0 Å². The molecule has 0 spiro atoms. The average Bonchev–Trinajstić information content (AvgIpc) is 1.66. The number of rotatable bonds is 4. The van der Waals surface area contributed by atoms with Crippen molar-refractivity contribution in [2.45, 2.75) is 12.8 Å². The monoisotopic (exact) mass is 246 g/mol. The van der Waals surface area contributed by atoms with Crippen LogP contribution < -0.4 is 0 Å². The van der Waals surface area contributed by atoms with Gasteiger partial charge < -0.3 is 0 Å². The van der Waals surface area contributed by atoms with Crippen LogP contribution >= 0.6 is 22.6 Å². The third kappa shape index (κ3) is 6.88. The van der Waals surface area contributed by atoms with Gasteiger partial charge in [0.1, 0.15) is 0 Å². The van der Waals surface area contributed by atoms with Crippen LogP contribution in [0.4, 0.5) is 0 Å². The third-order valence-electron chi connectivity index (χ3n) is 0.815. The van der Waals surface area contributed by atoms with Crippen molar-refractivity contribution in [2.75, 3.05) is 16.4 Å². The average molecular weight is 246 g/mol. The van der Waals surface area contributed by atoms with Crippen molar-refractivity contribution in [3.8, 4) is 0 Å². The summed E-state index contributed by atoms with van der Waals surface area (Å²) in [5, 5.41) is 0. The molecule has 0 aromatic rings. The fourth-order valence-electron chi connectivity index (χ4n) is 0.400. The molecular formula is C5H11IOS. The number of alkyl halides is 1. The minimum atomic E-state index is -0.570. The molecule has 0 saturated carbocycles. The smallest absolute Gasteiger partial charge is 0.0232 e. The maximum Gasteiger partial charge on any atom is 0.0232 e. The molecule has 0 amide bonds. The Bertz CT molecular complexity index is 74.8. The Kier molecular flexibility index (Phi) is 6.67. The number of hydrogen-bond donors (Lipinski definition) is 0. The number of halogens is 1. The fraction of sp³-hybridized carbons (Fsp3) is 1.00. The Balaban J connectivity index is 2.82. The van der Waals surface area contributed by atoms with Crippen LogP contribution in [0.25, 0.3) is 0 Å². The summed E-state index contributed by atoms with van der Waals surface area (Å²) in [6.07, 6.45) is 4.08. The Labute approximate surface area is 66.8 Å². The molecule has 0 aromatic heterocycles. The van der Waals surface area contributed by atoms with E-state index in [1.54, 1.807) is 6.26 Å². The van der Waals surface area contributed by atoms with E-state index in [1.165, 1.54) is 10.8 Å². The summed E-state index contributed by atoms with van der Waals surface area (Å²) in [4.78, 5) is 0. The molecular weight excluding hydrogens is 235 g/mol. The minimum Gasteiger partial charge on any atom is -0.260 e. The van der Waals surface area contributed by atoms with Gasteiger partial charge in [0.15, 0.2) is 0 Å². The largest absolute Gasteiger partial charge is 0.260 e. The SMILES string of the molecule is CS(=O)CCCCI. The summed E-state index contributed by atoms with van der Waals surface area (Å²) < 4.78 is 11.6. The van der Waals surface area contributed by atoms with Crippen LogP contribution in [0.3, 0.4) is 0 Å². The van der Waals surface area contributed by atoms with E-state index < -0.39 is 10.8 Å². The van der Waals surface area contributed by atoms with Crippen molar-refractivity contribution in [3.63, 3.8) is 0 Å². The van der Waals surface area contributed by atoms with Crippen molar-refractivity contribution in [1.29, 1.82) is 0 Å². The van der Waals surface area contributed by atoms with E-state index in [9.17, 15) is 4.21 Å². The first-order valence-electron chi connectivity index (χ1n) is 2.63. The van der Waals surface area contributed by atoms with Crippen molar-refractivity contribution in [1.82, 2.24) is 0 Å². The molecule has 1 nitrogen and oxygen atoms in total. The van der Waals surface area contributed by atoms with E-state index in [-0.39, 0.29) is 0 Å². The van der Waals surface area contributed by atoms with Gasteiger partial charge in [-0.05, 0) is 17.3 Å². The van der Waals surface area contributed by atoms with Crippen LogP contribution in [0.5, 0.6) is 0 Å². The Morgan fingerprint density at radius 3 is 2.50 bits per heavy atom. The highest BCUT2D eigenvalue weighted by molar-refractivity contribution is 14.1. The predicted molar refractivity (Wildman–Crippen MR) is 47.1 cm³/mol. The fourth-order valence-corrected chi connectivity index (χ4v) is 1.55. The molecule has 0 aliphatic heterocycles. The van der Waals surface area contributed by atoms with Gasteiger partial charge in [-0.25, -0.2) is 0 Å². The molecule has 3 heteroatoms. The zero-order valence-corrected chi connectivity index (χ0v) is 8.00. The lowest BCUT2D eigenvalue weighted by molar-refractivity contribution is 0.684. The lowest BCUT2D eigenvalue weighted by atomic mass is 10.4. The first kappa shape index (κ1) is 8.88. The van der Waals surface area contributed by atoms with Gasteiger partial charge in [0.25, 0.3) is 0 Å². The molecule has 0 saturated heterocycles. The van der Waals surface area contributed by atoms with Gasteiger partial charge in [-0.15, -0.1) is 0 Å². The molecule has 1 unspecified atom stereocenters. The van der Waals surface area contributed by atoms with Gasteiger partial charge in [-0.2, -0.15) is 0 Å². The molecule has 1 atom stereocenters. The lowest BCUT2D eigenvalue weighted by Gasteiger charge is -1.91. The molecule has 0 bridgehead atoms. The Morgan fingerprint density at radius 2 is 2.12 bits per heavy atom. The molecule has 0 radical (unpaired) electrons. The minimum absolute atomic E-state index is 0.570. The molecule has 0 N–H and O–H groups in total. The molecule has 0 heterocycles. The van der Waals surface area contributed by atoms with Gasteiger partial charge in [-0.1, -0.05) is 22.6 Å². The van der Waals surface area contributed by atoms with Crippen LogP contribution in [0.15, 0.2) is 0 Å². The summed E-state index contributed by atoms with van der Waals surface area (Å²) in [5.74, 6) is 0.878.